The number of amides is 2. The summed E-state index contributed by atoms with van der Waals surface area (Å²) >= 11 is 0. The minimum Gasteiger partial charge on any atom is -0.340 e. The Morgan fingerprint density at radius 3 is 1.95 bits per heavy atom. The van der Waals surface area contributed by atoms with Gasteiger partial charge in [0, 0.05) is 59.3 Å². The van der Waals surface area contributed by atoms with E-state index in [2.05, 4.69) is 10.2 Å². The molecule has 0 spiro atoms. The van der Waals surface area contributed by atoms with Gasteiger partial charge in [0.25, 0.3) is 0 Å². The van der Waals surface area contributed by atoms with Crippen LogP contribution in [0.15, 0.2) is 0 Å². The third-order valence-corrected chi connectivity index (χ3v) is 4.44. The van der Waals surface area contributed by atoms with Crippen molar-refractivity contribution in [3.05, 3.63) is 0 Å². The lowest BCUT2D eigenvalue weighted by Crippen LogP contribution is -2.63. The Morgan fingerprint density at radius 2 is 1.45 bits per heavy atom. The second-order valence-corrected chi connectivity index (χ2v) is 6.09. The first-order valence-electron chi connectivity index (χ1n) is 7.43. The average molecular weight is 282 g/mol. The fourth-order valence-electron chi connectivity index (χ4n) is 2.97. The van der Waals surface area contributed by atoms with Crippen LogP contribution in [0, 0.1) is 0 Å². The van der Waals surface area contributed by atoms with Gasteiger partial charge in [-0.15, -0.1) is 0 Å². The smallest absolute Gasteiger partial charge is 0.242 e. The molecule has 0 aliphatic carbocycles. The van der Waals surface area contributed by atoms with Crippen LogP contribution in [-0.4, -0.2) is 84.4 Å². The fraction of sp³-hybridized carbons (Fsp3) is 0.857. The topological polar surface area (TPSA) is 55.9 Å². The standard InChI is InChI=1S/C14H26N4O2/c1-12(19)16-8-10-18(11-9-16)14(2,3)13(20)17-6-4-15-5-7-17/h15H,4-11H2,1-3H3. The van der Waals surface area contributed by atoms with Crippen LogP contribution in [0.2, 0.25) is 0 Å². The normalized spacial score (nSPS) is 21.9. The zero-order valence-corrected chi connectivity index (χ0v) is 12.8. The van der Waals surface area contributed by atoms with Gasteiger partial charge in [-0.05, 0) is 13.8 Å². The quantitative estimate of drug-likeness (QED) is 0.732. The summed E-state index contributed by atoms with van der Waals surface area (Å²) < 4.78 is 0. The molecule has 2 saturated heterocycles. The van der Waals surface area contributed by atoms with Crippen LogP contribution >= 0.6 is 0 Å². The van der Waals surface area contributed by atoms with Crippen molar-refractivity contribution in [2.45, 2.75) is 26.3 Å². The molecule has 2 aliphatic rings. The van der Waals surface area contributed by atoms with Gasteiger partial charge < -0.3 is 15.1 Å². The van der Waals surface area contributed by atoms with Crippen LogP contribution in [0.1, 0.15) is 20.8 Å². The molecule has 0 aromatic heterocycles. The second kappa shape index (κ2) is 6.10. The van der Waals surface area contributed by atoms with E-state index in [0.717, 1.165) is 39.3 Å². The van der Waals surface area contributed by atoms with Crippen molar-refractivity contribution in [3.63, 3.8) is 0 Å². The molecule has 2 amide bonds. The Bertz CT molecular complexity index is 369. The van der Waals surface area contributed by atoms with Gasteiger partial charge in [0.05, 0.1) is 5.54 Å². The molecule has 2 fully saturated rings. The van der Waals surface area contributed by atoms with Crippen LogP contribution in [0.4, 0.5) is 0 Å². The van der Waals surface area contributed by atoms with Gasteiger partial charge in [-0.1, -0.05) is 0 Å². The van der Waals surface area contributed by atoms with Crippen molar-refractivity contribution in [1.82, 2.24) is 20.0 Å². The van der Waals surface area contributed by atoms with E-state index in [4.69, 9.17) is 0 Å². The number of hydrogen-bond acceptors (Lipinski definition) is 4. The third-order valence-electron chi connectivity index (χ3n) is 4.44. The monoisotopic (exact) mass is 282 g/mol. The summed E-state index contributed by atoms with van der Waals surface area (Å²) in [6, 6.07) is 0. The molecule has 0 radical (unpaired) electrons. The average Bonchev–Trinajstić information content (AvgIpc) is 2.47. The highest BCUT2D eigenvalue weighted by Crippen LogP contribution is 2.20. The molecular formula is C14H26N4O2. The highest BCUT2D eigenvalue weighted by atomic mass is 16.2. The maximum absolute atomic E-state index is 12.7. The van der Waals surface area contributed by atoms with E-state index >= 15 is 0 Å². The van der Waals surface area contributed by atoms with Gasteiger partial charge in [0.2, 0.25) is 11.8 Å². The lowest BCUT2D eigenvalue weighted by molar-refractivity contribution is -0.145. The van der Waals surface area contributed by atoms with E-state index in [0.29, 0.717) is 13.1 Å². The van der Waals surface area contributed by atoms with E-state index in [1.54, 1.807) is 6.92 Å². The molecule has 0 aromatic rings. The van der Waals surface area contributed by atoms with Crippen molar-refractivity contribution in [2.75, 3.05) is 52.4 Å². The van der Waals surface area contributed by atoms with Crippen molar-refractivity contribution in [2.24, 2.45) is 0 Å². The maximum atomic E-state index is 12.7. The van der Waals surface area contributed by atoms with Crippen LogP contribution in [-0.2, 0) is 9.59 Å². The Labute approximate surface area is 121 Å². The molecule has 0 unspecified atom stereocenters. The largest absolute Gasteiger partial charge is 0.340 e. The molecule has 2 rings (SSSR count). The van der Waals surface area contributed by atoms with E-state index in [-0.39, 0.29) is 11.8 Å². The van der Waals surface area contributed by atoms with E-state index in [1.165, 1.54) is 0 Å². The molecule has 2 heterocycles. The number of nitrogens with one attached hydrogen (secondary N) is 1. The molecule has 0 saturated carbocycles. The van der Waals surface area contributed by atoms with Gasteiger partial charge in [0.1, 0.15) is 0 Å². The summed E-state index contributed by atoms with van der Waals surface area (Å²) in [5.41, 5.74) is -0.486. The lowest BCUT2D eigenvalue weighted by atomic mass is 9.99. The number of carbonyl (C=O) groups is 2. The molecule has 0 bridgehead atoms. The molecule has 6 nitrogen and oxygen atoms in total. The lowest BCUT2D eigenvalue weighted by Gasteiger charge is -2.45. The first kappa shape index (κ1) is 15.3. The summed E-state index contributed by atoms with van der Waals surface area (Å²) in [5.74, 6) is 0.325. The number of rotatable bonds is 2. The molecule has 0 aromatic carbocycles. The van der Waals surface area contributed by atoms with E-state index < -0.39 is 5.54 Å². The zero-order valence-electron chi connectivity index (χ0n) is 12.8. The summed E-state index contributed by atoms with van der Waals surface area (Å²) in [6.07, 6.45) is 0. The van der Waals surface area contributed by atoms with E-state index in [9.17, 15) is 9.59 Å². The van der Waals surface area contributed by atoms with Crippen LogP contribution in [0.25, 0.3) is 0 Å². The summed E-state index contributed by atoms with van der Waals surface area (Å²) in [5, 5.41) is 3.27. The highest BCUT2D eigenvalue weighted by Gasteiger charge is 2.39. The zero-order chi connectivity index (χ0) is 14.8. The maximum Gasteiger partial charge on any atom is 0.242 e. The van der Waals surface area contributed by atoms with Crippen LogP contribution in [0.5, 0.6) is 0 Å². The Kier molecular flexibility index (Phi) is 4.65. The van der Waals surface area contributed by atoms with Crippen molar-refractivity contribution >= 4 is 11.8 Å². The first-order chi connectivity index (χ1) is 9.43. The predicted molar refractivity (Wildman–Crippen MR) is 77.4 cm³/mol. The molecular weight excluding hydrogens is 256 g/mol. The van der Waals surface area contributed by atoms with Gasteiger partial charge in [-0.3, -0.25) is 14.5 Å². The minimum absolute atomic E-state index is 0.121. The Balaban J connectivity index is 1.96. The number of carbonyl (C=O) groups excluding carboxylic acids is 2. The molecule has 1 N–H and O–H groups in total. The van der Waals surface area contributed by atoms with Crippen molar-refractivity contribution < 1.29 is 9.59 Å². The molecule has 0 atom stereocenters. The summed E-state index contributed by atoms with van der Waals surface area (Å²) in [6.45, 7) is 11.9. The van der Waals surface area contributed by atoms with Gasteiger partial charge in [0.15, 0.2) is 0 Å². The van der Waals surface area contributed by atoms with Crippen LogP contribution in [0.3, 0.4) is 0 Å². The second-order valence-electron chi connectivity index (χ2n) is 6.09. The SMILES string of the molecule is CC(=O)N1CCN(C(C)(C)C(=O)N2CCNCC2)CC1. The third kappa shape index (κ3) is 3.12. The van der Waals surface area contributed by atoms with Crippen molar-refractivity contribution in [3.8, 4) is 0 Å². The Hall–Kier alpha value is -1.14. The molecule has 114 valence electrons. The van der Waals surface area contributed by atoms with Gasteiger partial charge in [-0.2, -0.15) is 0 Å². The first-order valence-corrected chi connectivity index (χ1v) is 7.43. The highest BCUT2D eigenvalue weighted by molar-refractivity contribution is 5.85. The predicted octanol–water partition coefficient (Wildman–Crippen LogP) is -0.639. The summed E-state index contributed by atoms with van der Waals surface area (Å²) in [7, 11) is 0. The number of piperazine rings is 2. The Morgan fingerprint density at radius 1 is 0.900 bits per heavy atom. The molecule has 20 heavy (non-hydrogen) atoms. The number of hydrogen-bond donors (Lipinski definition) is 1. The van der Waals surface area contributed by atoms with Gasteiger partial charge >= 0.3 is 0 Å². The summed E-state index contributed by atoms with van der Waals surface area (Å²) in [4.78, 5) is 30.1. The fourth-order valence-corrected chi connectivity index (χ4v) is 2.97. The van der Waals surface area contributed by atoms with Crippen molar-refractivity contribution in [1.29, 1.82) is 0 Å². The minimum atomic E-state index is -0.486. The molecule has 6 heteroatoms. The van der Waals surface area contributed by atoms with E-state index in [1.807, 2.05) is 23.6 Å². The number of nitrogens with zero attached hydrogens (tertiary/aromatic N) is 3. The molecule has 2 aliphatic heterocycles. The van der Waals surface area contributed by atoms with Crippen LogP contribution < -0.4 is 5.32 Å². The van der Waals surface area contributed by atoms with Gasteiger partial charge in [-0.25, -0.2) is 0 Å².